The molecule has 2 nitrogen and oxygen atoms in total. The van der Waals surface area contributed by atoms with Crippen LogP contribution in [-0.2, 0) is 0 Å². The van der Waals surface area contributed by atoms with Gasteiger partial charge in [-0.3, -0.25) is 9.36 Å². The van der Waals surface area contributed by atoms with Crippen molar-refractivity contribution in [3.05, 3.63) is 30.1 Å². The third kappa shape index (κ3) is 0.506. The van der Waals surface area contributed by atoms with Crippen molar-refractivity contribution in [2.24, 2.45) is 0 Å². The summed E-state index contributed by atoms with van der Waals surface area (Å²) in [6, 6.07) is 3.82. The number of carbonyl (C=O) groups is 1. The van der Waals surface area contributed by atoms with Crippen LogP contribution in [0, 0.1) is 0 Å². The Labute approximate surface area is 58.8 Å². The highest BCUT2D eigenvalue weighted by molar-refractivity contribution is 6.02. The lowest BCUT2D eigenvalue weighted by atomic mass is 10.2. The second-order valence-electron chi connectivity index (χ2n) is 2.43. The highest BCUT2D eigenvalue weighted by Gasteiger charge is 2.15. The van der Waals surface area contributed by atoms with E-state index in [0.717, 1.165) is 11.3 Å². The lowest BCUT2D eigenvalue weighted by Crippen LogP contribution is -2.00. The number of hydrogen-bond acceptors (Lipinski definition) is 1. The maximum Gasteiger partial charge on any atom is 0.255 e. The van der Waals surface area contributed by atoms with E-state index in [2.05, 4.69) is 0 Å². The van der Waals surface area contributed by atoms with E-state index in [1.54, 1.807) is 16.8 Å². The first-order chi connectivity index (χ1) is 4.79. The van der Waals surface area contributed by atoms with Gasteiger partial charge < -0.3 is 0 Å². The number of nitrogens with zero attached hydrogens (tertiary/aromatic N) is 1. The lowest BCUT2D eigenvalue weighted by Gasteiger charge is -1.92. The van der Waals surface area contributed by atoms with Gasteiger partial charge in [0.15, 0.2) is 0 Å². The average Bonchev–Trinajstić information content (AvgIpc) is 2.39. The van der Waals surface area contributed by atoms with Gasteiger partial charge in [0.25, 0.3) is 5.91 Å². The first kappa shape index (κ1) is 5.47. The Hall–Kier alpha value is -1.31. The van der Waals surface area contributed by atoms with E-state index in [1.165, 1.54) is 0 Å². The summed E-state index contributed by atoms with van der Waals surface area (Å²) in [5.74, 6) is 0.0671. The van der Waals surface area contributed by atoms with Crippen LogP contribution in [0.2, 0.25) is 0 Å². The summed E-state index contributed by atoms with van der Waals surface area (Å²) in [5, 5.41) is 0. The van der Waals surface area contributed by atoms with Crippen molar-refractivity contribution in [1.29, 1.82) is 0 Å². The zero-order valence-corrected chi connectivity index (χ0v) is 5.66. The molecule has 0 spiro atoms. The SMILES string of the molecule is CC1=CC(=O)n2cccc21. The zero-order valence-electron chi connectivity index (χ0n) is 5.66. The van der Waals surface area contributed by atoms with Gasteiger partial charge >= 0.3 is 0 Å². The molecule has 2 heterocycles. The fourth-order valence-corrected chi connectivity index (χ4v) is 1.22. The molecule has 0 saturated heterocycles. The van der Waals surface area contributed by atoms with E-state index in [-0.39, 0.29) is 5.91 Å². The van der Waals surface area contributed by atoms with Gasteiger partial charge in [-0.05, 0) is 24.6 Å². The highest BCUT2D eigenvalue weighted by atomic mass is 16.2. The zero-order chi connectivity index (χ0) is 7.14. The third-order valence-corrected chi connectivity index (χ3v) is 1.73. The molecule has 0 aliphatic carbocycles. The van der Waals surface area contributed by atoms with E-state index >= 15 is 0 Å². The Balaban J connectivity index is 2.72. The summed E-state index contributed by atoms with van der Waals surface area (Å²) >= 11 is 0. The van der Waals surface area contributed by atoms with Crippen molar-refractivity contribution in [2.75, 3.05) is 0 Å². The van der Waals surface area contributed by atoms with E-state index in [1.807, 2.05) is 19.1 Å². The van der Waals surface area contributed by atoms with Crippen molar-refractivity contribution in [2.45, 2.75) is 6.92 Å². The summed E-state index contributed by atoms with van der Waals surface area (Å²) in [4.78, 5) is 11.0. The maximum atomic E-state index is 11.0. The molecule has 0 fully saturated rings. The number of hydrogen-bond donors (Lipinski definition) is 0. The average molecular weight is 133 g/mol. The molecule has 0 amide bonds. The van der Waals surface area contributed by atoms with E-state index in [0.29, 0.717) is 0 Å². The molecule has 1 aromatic heterocycles. The smallest absolute Gasteiger partial charge is 0.255 e. The first-order valence-corrected chi connectivity index (χ1v) is 3.19. The van der Waals surface area contributed by atoms with Crippen LogP contribution in [0.1, 0.15) is 17.4 Å². The number of fused-ring (bicyclic) bond motifs is 1. The Kier molecular flexibility index (Phi) is 0.873. The Morgan fingerprint density at radius 3 is 3.00 bits per heavy atom. The normalized spacial score (nSPS) is 15.3. The molecule has 0 N–H and O–H groups in total. The molecule has 2 heteroatoms. The van der Waals surface area contributed by atoms with Crippen molar-refractivity contribution < 1.29 is 4.79 Å². The quantitative estimate of drug-likeness (QED) is 0.526. The second-order valence-corrected chi connectivity index (χ2v) is 2.43. The van der Waals surface area contributed by atoms with Gasteiger partial charge in [-0.2, -0.15) is 0 Å². The summed E-state index contributed by atoms with van der Waals surface area (Å²) < 4.78 is 1.65. The summed E-state index contributed by atoms with van der Waals surface area (Å²) in [7, 11) is 0. The molecule has 0 saturated carbocycles. The highest BCUT2D eigenvalue weighted by Crippen LogP contribution is 2.20. The minimum Gasteiger partial charge on any atom is -0.284 e. The van der Waals surface area contributed by atoms with E-state index in [4.69, 9.17) is 0 Å². The number of aromatic nitrogens is 1. The molecule has 1 aliphatic rings. The fraction of sp³-hybridized carbons (Fsp3) is 0.125. The lowest BCUT2D eigenvalue weighted by molar-refractivity contribution is 0.0974. The largest absolute Gasteiger partial charge is 0.284 e. The van der Waals surface area contributed by atoms with Gasteiger partial charge in [-0.15, -0.1) is 0 Å². The molecular weight excluding hydrogens is 126 g/mol. The van der Waals surface area contributed by atoms with Crippen molar-refractivity contribution in [3.63, 3.8) is 0 Å². The molecule has 0 radical (unpaired) electrons. The van der Waals surface area contributed by atoms with E-state index in [9.17, 15) is 4.79 Å². The predicted molar refractivity (Wildman–Crippen MR) is 38.7 cm³/mol. The van der Waals surface area contributed by atoms with Gasteiger partial charge in [0.1, 0.15) is 0 Å². The van der Waals surface area contributed by atoms with Crippen LogP contribution in [0.15, 0.2) is 24.4 Å². The molecule has 2 rings (SSSR count). The third-order valence-electron chi connectivity index (χ3n) is 1.73. The topological polar surface area (TPSA) is 22.0 Å². The van der Waals surface area contributed by atoms with Crippen LogP contribution in [0.3, 0.4) is 0 Å². The Morgan fingerprint density at radius 2 is 2.30 bits per heavy atom. The predicted octanol–water partition coefficient (Wildman–Crippen LogP) is 1.55. The van der Waals surface area contributed by atoms with Gasteiger partial charge in [-0.1, -0.05) is 0 Å². The van der Waals surface area contributed by atoms with Gasteiger partial charge in [0.05, 0.1) is 5.69 Å². The molecule has 50 valence electrons. The Morgan fingerprint density at radius 1 is 1.50 bits per heavy atom. The Bertz CT molecular complexity index is 320. The first-order valence-electron chi connectivity index (χ1n) is 3.19. The molecule has 0 atom stereocenters. The second kappa shape index (κ2) is 1.59. The van der Waals surface area contributed by atoms with Crippen molar-refractivity contribution in [1.82, 2.24) is 4.57 Å². The molecule has 1 aliphatic heterocycles. The molecule has 0 aromatic carbocycles. The monoisotopic (exact) mass is 133 g/mol. The fourth-order valence-electron chi connectivity index (χ4n) is 1.22. The van der Waals surface area contributed by atoms with Gasteiger partial charge in [0.2, 0.25) is 0 Å². The van der Waals surface area contributed by atoms with Crippen LogP contribution in [-0.4, -0.2) is 10.5 Å². The van der Waals surface area contributed by atoms with Crippen LogP contribution < -0.4 is 0 Å². The maximum absolute atomic E-state index is 11.0. The van der Waals surface area contributed by atoms with Crippen LogP contribution in [0.25, 0.3) is 5.57 Å². The standard InChI is InChI=1S/C8H7NO/c1-6-5-8(10)9-4-2-3-7(6)9/h2-5H,1H3. The van der Waals surface area contributed by atoms with E-state index < -0.39 is 0 Å². The van der Waals surface area contributed by atoms with Gasteiger partial charge in [0, 0.05) is 12.3 Å². The number of rotatable bonds is 0. The molecule has 0 bridgehead atoms. The molecular formula is C8H7NO. The minimum absolute atomic E-state index is 0.0671. The molecule has 0 unspecified atom stereocenters. The summed E-state index contributed by atoms with van der Waals surface area (Å²) in [6.07, 6.45) is 3.43. The van der Waals surface area contributed by atoms with Crippen LogP contribution >= 0.6 is 0 Å². The summed E-state index contributed by atoms with van der Waals surface area (Å²) in [6.45, 7) is 1.94. The van der Waals surface area contributed by atoms with Crippen molar-refractivity contribution in [3.8, 4) is 0 Å². The summed E-state index contributed by atoms with van der Waals surface area (Å²) in [5.41, 5.74) is 2.07. The van der Waals surface area contributed by atoms with Crippen LogP contribution in [0.4, 0.5) is 0 Å². The molecule has 1 aromatic rings. The number of allylic oxidation sites excluding steroid dienone is 2. The number of carbonyl (C=O) groups excluding carboxylic acids is 1. The minimum atomic E-state index is 0.0671. The van der Waals surface area contributed by atoms with Crippen LogP contribution in [0.5, 0.6) is 0 Å². The van der Waals surface area contributed by atoms with Gasteiger partial charge in [-0.25, -0.2) is 0 Å². The van der Waals surface area contributed by atoms with Crippen molar-refractivity contribution >= 4 is 11.5 Å². The molecule has 10 heavy (non-hydrogen) atoms.